The van der Waals surface area contributed by atoms with Crippen molar-refractivity contribution in [3.05, 3.63) is 35.4 Å². The second-order valence-corrected chi connectivity index (χ2v) is 5.75. The van der Waals surface area contributed by atoms with Gasteiger partial charge in [-0.3, -0.25) is 9.69 Å². The van der Waals surface area contributed by atoms with Crippen LogP contribution in [0, 0.1) is 0 Å². The summed E-state index contributed by atoms with van der Waals surface area (Å²) in [5, 5.41) is 3.24. The van der Waals surface area contributed by atoms with E-state index in [-0.39, 0.29) is 11.4 Å². The van der Waals surface area contributed by atoms with Gasteiger partial charge in [0.25, 0.3) is 5.91 Å². The largest absolute Gasteiger partial charge is 0.341 e. The highest BCUT2D eigenvalue weighted by Gasteiger charge is 2.45. The maximum Gasteiger partial charge on any atom is 0.252 e. The minimum atomic E-state index is -0.143. The van der Waals surface area contributed by atoms with E-state index in [0.29, 0.717) is 6.04 Å². The van der Waals surface area contributed by atoms with Gasteiger partial charge in [-0.15, -0.1) is 0 Å². The fourth-order valence-corrected chi connectivity index (χ4v) is 3.30. The standard InChI is InChI=1S/C15H20N2O/c1-11(2)17-9-5-8-15(10-17)13-7-4-3-6-12(13)14(18)16-15/h3-4,6-7,11H,5,8-10H2,1-2H3,(H,16,18). The molecule has 0 aromatic heterocycles. The summed E-state index contributed by atoms with van der Waals surface area (Å²) in [7, 11) is 0. The molecule has 0 aliphatic carbocycles. The Balaban J connectivity index is 1.99. The van der Waals surface area contributed by atoms with Crippen molar-refractivity contribution in [2.24, 2.45) is 0 Å². The molecule has 1 fully saturated rings. The topological polar surface area (TPSA) is 32.3 Å². The van der Waals surface area contributed by atoms with Gasteiger partial charge in [0.1, 0.15) is 0 Å². The molecule has 2 heterocycles. The number of nitrogens with one attached hydrogen (secondary N) is 1. The number of carbonyl (C=O) groups excluding carboxylic acids is 1. The van der Waals surface area contributed by atoms with Gasteiger partial charge in [0.05, 0.1) is 5.54 Å². The minimum Gasteiger partial charge on any atom is -0.341 e. The molecule has 1 aromatic rings. The van der Waals surface area contributed by atoms with E-state index in [4.69, 9.17) is 0 Å². The van der Waals surface area contributed by atoms with Crippen LogP contribution < -0.4 is 5.32 Å². The first-order valence-corrected chi connectivity index (χ1v) is 6.78. The Morgan fingerprint density at radius 3 is 2.89 bits per heavy atom. The van der Waals surface area contributed by atoms with Crippen molar-refractivity contribution in [2.75, 3.05) is 13.1 Å². The third kappa shape index (κ3) is 1.65. The van der Waals surface area contributed by atoms with Crippen LogP contribution in [0.2, 0.25) is 0 Å². The number of amides is 1. The molecule has 3 nitrogen and oxygen atoms in total. The normalized spacial score (nSPS) is 27.6. The SMILES string of the molecule is CC(C)N1CCCC2(C1)NC(=O)c1ccccc12. The first-order chi connectivity index (χ1) is 8.62. The highest BCUT2D eigenvalue weighted by atomic mass is 16.2. The average Bonchev–Trinajstić information content (AvgIpc) is 2.63. The van der Waals surface area contributed by atoms with E-state index in [0.717, 1.165) is 31.5 Å². The fraction of sp³-hybridized carbons (Fsp3) is 0.533. The monoisotopic (exact) mass is 244 g/mol. The lowest BCUT2D eigenvalue weighted by atomic mass is 9.82. The number of fused-ring (bicyclic) bond motifs is 2. The van der Waals surface area contributed by atoms with Crippen LogP contribution in [0.4, 0.5) is 0 Å². The number of hydrogen-bond donors (Lipinski definition) is 1. The van der Waals surface area contributed by atoms with E-state index in [1.54, 1.807) is 0 Å². The smallest absolute Gasteiger partial charge is 0.252 e. The van der Waals surface area contributed by atoms with Gasteiger partial charge in [-0.1, -0.05) is 18.2 Å². The zero-order valence-corrected chi connectivity index (χ0v) is 11.1. The first kappa shape index (κ1) is 11.7. The number of likely N-dealkylation sites (tertiary alicyclic amines) is 1. The van der Waals surface area contributed by atoms with Crippen molar-refractivity contribution < 1.29 is 4.79 Å². The van der Waals surface area contributed by atoms with Gasteiger partial charge in [0.15, 0.2) is 0 Å². The molecule has 3 rings (SSSR count). The number of rotatable bonds is 1. The van der Waals surface area contributed by atoms with E-state index in [2.05, 4.69) is 30.1 Å². The summed E-state index contributed by atoms with van der Waals surface area (Å²) in [4.78, 5) is 14.5. The molecule has 1 N–H and O–H groups in total. The first-order valence-electron chi connectivity index (χ1n) is 6.78. The number of carbonyl (C=O) groups is 1. The molecular formula is C15H20N2O. The van der Waals surface area contributed by atoms with Gasteiger partial charge in [-0.05, 0) is 44.9 Å². The van der Waals surface area contributed by atoms with E-state index < -0.39 is 0 Å². The average molecular weight is 244 g/mol. The zero-order valence-electron chi connectivity index (χ0n) is 11.1. The van der Waals surface area contributed by atoms with Crippen LogP contribution in [0.15, 0.2) is 24.3 Å². The maximum atomic E-state index is 12.1. The molecule has 1 spiro atoms. The van der Waals surface area contributed by atoms with Crippen LogP contribution >= 0.6 is 0 Å². The van der Waals surface area contributed by atoms with Crippen molar-refractivity contribution in [3.8, 4) is 0 Å². The zero-order chi connectivity index (χ0) is 12.8. The highest BCUT2D eigenvalue weighted by Crippen LogP contribution is 2.38. The van der Waals surface area contributed by atoms with Gasteiger partial charge in [0, 0.05) is 18.2 Å². The molecule has 1 amide bonds. The lowest BCUT2D eigenvalue weighted by Gasteiger charge is -2.42. The summed E-state index contributed by atoms with van der Waals surface area (Å²) in [6, 6.07) is 8.56. The molecule has 2 aliphatic rings. The van der Waals surface area contributed by atoms with Crippen molar-refractivity contribution in [3.63, 3.8) is 0 Å². The van der Waals surface area contributed by atoms with E-state index in [1.807, 2.05) is 18.2 Å². The third-order valence-electron chi connectivity index (χ3n) is 4.29. The molecule has 2 aliphatic heterocycles. The number of nitrogens with zero attached hydrogens (tertiary/aromatic N) is 1. The lowest BCUT2D eigenvalue weighted by Crippen LogP contribution is -2.54. The van der Waals surface area contributed by atoms with Crippen molar-refractivity contribution in [2.45, 2.75) is 38.3 Å². The van der Waals surface area contributed by atoms with E-state index in [1.165, 1.54) is 5.56 Å². The van der Waals surface area contributed by atoms with Gasteiger partial charge in [0.2, 0.25) is 0 Å². The molecule has 3 heteroatoms. The molecule has 0 bridgehead atoms. The Morgan fingerprint density at radius 2 is 2.11 bits per heavy atom. The quantitative estimate of drug-likeness (QED) is 0.820. The number of benzene rings is 1. The van der Waals surface area contributed by atoms with Gasteiger partial charge in [-0.25, -0.2) is 0 Å². The minimum absolute atomic E-state index is 0.0937. The van der Waals surface area contributed by atoms with Crippen LogP contribution in [0.1, 0.15) is 42.6 Å². The van der Waals surface area contributed by atoms with E-state index >= 15 is 0 Å². The van der Waals surface area contributed by atoms with Crippen molar-refractivity contribution in [1.82, 2.24) is 10.2 Å². The van der Waals surface area contributed by atoms with E-state index in [9.17, 15) is 4.79 Å². The van der Waals surface area contributed by atoms with Gasteiger partial charge < -0.3 is 5.32 Å². The second-order valence-electron chi connectivity index (χ2n) is 5.75. The molecule has 18 heavy (non-hydrogen) atoms. The van der Waals surface area contributed by atoms with Crippen molar-refractivity contribution >= 4 is 5.91 Å². The molecule has 1 atom stereocenters. The Morgan fingerprint density at radius 1 is 1.33 bits per heavy atom. The summed E-state index contributed by atoms with van der Waals surface area (Å²) in [5.74, 6) is 0.0937. The highest BCUT2D eigenvalue weighted by molar-refractivity contribution is 6.00. The predicted octanol–water partition coefficient (Wildman–Crippen LogP) is 2.13. The molecular weight excluding hydrogens is 224 g/mol. The number of piperidine rings is 1. The summed E-state index contributed by atoms with van der Waals surface area (Å²) in [5.41, 5.74) is 1.92. The van der Waals surface area contributed by atoms with Crippen LogP contribution in [-0.4, -0.2) is 29.9 Å². The molecule has 96 valence electrons. The molecule has 1 unspecified atom stereocenters. The Kier molecular flexibility index (Phi) is 2.67. The summed E-state index contributed by atoms with van der Waals surface area (Å²) >= 11 is 0. The van der Waals surface area contributed by atoms with Crippen LogP contribution in [-0.2, 0) is 5.54 Å². The lowest BCUT2D eigenvalue weighted by molar-refractivity contribution is 0.0774. The van der Waals surface area contributed by atoms with Gasteiger partial charge in [-0.2, -0.15) is 0 Å². The Bertz CT molecular complexity index is 483. The fourth-order valence-electron chi connectivity index (χ4n) is 3.30. The second kappa shape index (κ2) is 4.09. The van der Waals surface area contributed by atoms with Crippen LogP contribution in [0.5, 0.6) is 0 Å². The Hall–Kier alpha value is -1.35. The summed E-state index contributed by atoms with van der Waals surface area (Å²) < 4.78 is 0. The van der Waals surface area contributed by atoms with Gasteiger partial charge >= 0.3 is 0 Å². The third-order valence-corrected chi connectivity index (χ3v) is 4.29. The van der Waals surface area contributed by atoms with Crippen LogP contribution in [0.3, 0.4) is 0 Å². The van der Waals surface area contributed by atoms with Crippen molar-refractivity contribution in [1.29, 1.82) is 0 Å². The molecule has 1 saturated heterocycles. The number of hydrogen-bond acceptors (Lipinski definition) is 2. The van der Waals surface area contributed by atoms with Crippen LogP contribution in [0.25, 0.3) is 0 Å². The summed E-state index contributed by atoms with van der Waals surface area (Å²) in [6.45, 7) is 6.52. The Labute approximate surface area is 108 Å². The predicted molar refractivity (Wildman–Crippen MR) is 71.5 cm³/mol. The summed E-state index contributed by atoms with van der Waals surface area (Å²) in [6.07, 6.45) is 2.20. The maximum absolute atomic E-state index is 12.1. The molecule has 0 saturated carbocycles. The molecule has 1 aromatic carbocycles. The molecule has 0 radical (unpaired) electrons.